The van der Waals surface area contributed by atoms with Crippen molar-refractivity contribution in [1.29, 1.82) is 5.26 Å². The summed E-state index contributed by atoms with van der Waals surface area (Å²) in [6.07, 6.45) is 5.04. The molecule has 0 saturated carbocycles. The Morgan fingerprint density at radius 2 is 1.93 bits per heavy atom. The summed E-state index contributed by atoms with van der Waals surface area (Å²) < 4.78 is 0. The lowest BCUT2D eigenvalue weighted by Crippen LogP contribution is -2.45. The van der Waals surface area contributed by atoms with Gasteiger partial charge in [0.05, 0.1) is 17.4 Å². The van der Waals surface area contributed by atoms with Gasteiger partial charge in [0.15, 0.2) is 0 Å². The van der Waals surface area contributed by atoms with Gasteiger partial charge < -0.3 is 9.80 Å². The second-order valence-electron chi connectivity index (χ2n) is 8.13. The first-order valence-corrected chi connectivity index (χ1v) is 11.4. The van der Waals surface area contributed by atoms with E-state index in [1.54, 1.807) is 11.8 Å². The number of hydrogen-bond acceptors (Lipinski definition) is 4. The zero-order chi connectivity index (χ0) is 19.1. The van der Waals surface area contributed by atoms with E-state index in [0.717, 1.165) is 37.7 Å². The van der Waals surface area contributed by atoms with Gasteiger partial charge in [0.2, 0.25) is 5.91 Å². The van der Waals surface area contributed by atoms with E-state index in [1.807, 2.05) is 24.3 Å². The van der Waals surface area contributed by atoms with Crippen LogP contribution < -0.4 is 0 Å². The van der Waals surface area contributed by atoms with Gasteiger partial charge in [0.25, 0.3) is 0 Å². The maximum atomic E-state index is 12.6. The van der Waals surface area contributed by atoms with E-state index in [4.69, 9.17) is 5.26 Å². The van der Waals surface area contributed by atoms with Gasteiger partial charge in [-0.1, -0.05) is 19.1 Å². The Hall–Kier alpha value is -1.51. The molecule has 2 aliphatic heterocycles. The van der Waals surface area contributed by atoms with E-state index in [1.165, 1.54) is 37.9 Å². The lowest BCUT2D eigenvalue weighted by Gasteiger charge is -2.37. The fourth-order valence-electron chi connectivity index (χ4n) is 4.07. The average molecular weight is 386 g/mol. The van der Waals surface area contributed by atoms with Crippen LogP contribution in [-0.2, 0) is 10.5 Å². The second kappa shape index (κ2) is 10.1. The number of amides is 1. The molecule has 1 unspecified atom stereocenters. The largest absolute Gasteiger partial charge is 0.342 e. The Morgan fingerprint density at radius 1 is 1.19 bits per heavy atom. The fraction of sp³-hybridized carbons (Fsp3) is 0.636. The van der Waals surface area contributed by atoms with E-state index in [0.29, 0.717) is 17.2 Å². The van der Waals surface area contributed by atoms with Gasteiger partial charge in [-0.2, -0.15) is 5.26 Å². The molecule has 27 heavy (non-hydrogen) atoms. The van der Waals surface area contributed by atoms with Crippen molar-refractivity contribution in [3.63, 3.8) is 0 Å². The Kier molecular flexibility index (Phi) is 7.60. The van der Waals surface area contributed by atoms with Crippen molar-refractivity contribution in [2.24, 2.45) is 11.8 Å². The molecular formula is C22H31N3OS. The number of nitriles is 1. The second-order valence-corrected chi connectivity index (χ2v) is 9.12. The number of carbonyl (C=O) groups excluding carboxylic acids is 1. The van der Waals surface area contributed by atoms with Crippen molar-refractivity contribution < 1.29 is 4.79 Å². The van der Waals surface area contributed by atoms with Gasteiger partial charge in [-0.3, -0.25) is 4.79 Å². The standard InChI is InChI=1S/C22H31N3OS/c1-18-8-11-24(12-9-18)14-21-3-2-10-25(15-21)22(26)17-27-16-20-6-4-19(13-23)5-7-20/h4-7,18,21H,2-3,8-12,14-17H2,1H3. The summed E-state index contributed by atoms with van der Waals surface area (Å²) in [6, 6.07) is 9.78. The Labute approximate surface area is 167 Å². The summed E-state index contributed by atoms with van der Waals surface area (Å²) >= 11 is 1.67. The summed E-state index contributed by atoms with van der Waals surface area (Å²) in [5, 5.41) is 8.85. The van der Waals surface area contributed by atoms with E-state index < -0.39 is 0 Å². The molecule has 146 valence electrons. The topological polar surface area (TPSA) is 47.3 Å². The maximum absolute atomic E-state index is 12.6. The molecule has 1 aromatic carbocycles. The SMILES string of the molecule is CC1CCN(CC2CCCN(C(=O)CSCc3ccc(C#N)cc3)C2)CC1. The van der Waals surface area contributed by atoms with E-state index in [9.17, 15) is 4.79 Å². The number of rotatable bonds is 6. The minimum absolute atomic E-state index is 0.283. The van der Waals surface area contributed by atoms with Crippen molar-refractivity contribution in [1.82, 2.24) is 9.80 Å². The minimum Gasteiger partial charge on any atom is -0.342 e. The highest BCUT2D eigenvalue weighted by Gasteiger charge is 2.26. The number of carbonyl (C=O) groups is 1. The molecule has 0 aromatic heterocycles. The molecule has 1 atom stereocenters. The van der Waals surface area contributed by atoms with Crippen LogP contribution in [0, 0.1) is 23.2 Å². The highest BCUT2D eigenvalue weighted by molar-refractivity contribution is 7.99. The Bertz CT molecular complexity index is 647. The Balaban J connectivity index is 1.39. The predicted octanol–water partition coefficient (Wildman–Crippen LogP) is 3.76. The first kappa shape index (κ1) is 20.2. The van der Waals surface area contributed by atoms with Gasteiger partial charge in [-0.05, 0) is 68.3 Å². The van der Waals surface area contributed by atoms with Crippen LogP contribution in [0.5, 0.6) is 0 Å². The van der Waals surface area contributed by atoms with Crippen LogP contribution in [0.1, 0.15) is 43.7 Å². The first-order valence-electron chi connectivity index (χ1n) is 10.2. The van der Waals surface area contributed by atoms with Crippen LogP contribution >= 0.6 is 11.8 Å². The molecule has 0 N–H and O–H groups in total. The van der Waals surface area contributed by atoms with Crippen molar-refractivity contribution in [3.8, 4) is 6.07 Å². The van der Waals surface area contributed by atoms with Crippen LogP contribution in [0.3, 0.4) is 0 Å². The first-order chi connectivity index (χ1) is 13.1. The molecule has 1 amide bonds. The third-order valence-corrected chi connectivity index (χ3v) is 6.83. The van der Waals surface area contributed by atoms with E-state index >= 15 is 0 Å². The number of piperidine rings is 2. The average Bonchev–Trinajstić information content (AvgIpc) is 2.70. The van der Waals surface area contributed by atoms with E-state index in [-0.39, 0.29) is 5.91 Å². The molecule has 0 radical (unpaired) electrons. The quantitative estimate of drug-likeness (QED) is 0.748. The minimum atomic E-state index is 0.283. The number of hydrogen-bond donors (Lipinski definition) is 0. The number of nitrogens with zero attached hydrogens (tertiary/aromatic N) is 3. The summed E-state index contributed by atoms with van der Waals surface area (Å²) in [7, 11) is 0. The maximum Gasteiger partial charge on any atom is 0.232 e. The van der Waals surface area contributed by atoms with Crippen LogP contribution in [0.4, 0.5) is 0 Å². The molecule has 2 aliphatic rings. The van der Waals surface area contributed by atoms with Crippen molar-refractivity contribution in [3.05, 3.63) is 35.4 Å². The molecule has 2 fully saturated rings. The monoisotopic (exact) mass is 385 g/mol. The van der Waals surface area contributed by atoms with Crippen LogP contribution in [0.25, 0.3) is 0 Å². The molecule has 0 bridgehead atoms. The molecule has 0 spiro atoms. The van der Waals surface area contributed by atoms with Crippen molar-refractivity contribution in [2.45, 2.75) is 38.4 Å². The van der Waals surface area contributed by atoms with Gasteiger partial charge in [0, 0.05) is 25.4 Å². The van der Waals surface area contributed by atoms with Crippen LogP contribution in [0.2, 0.25) is 0 Å². The van der Waals surface area contributed by atoms with Crippen molar-refractivity contribution >= 4 is 17.7 Å². The molecule has 2 saturated heterocycles. The number of likely N-dealkylation sites (tertiary alicyclic amines) is 2. The molecule has 2 heterocycles. The fourth-order valence-corrected chi connectivity index (χ4v) is 4.96. The highest BCUT2D eigenvalue weighted by Crippen LogP contribution is 2.23. The zero-order valence-corrected chi connectivity index (χ0v) is 17.2. The normalized spacial score (nSPS) is 21.8. The highest BCUT2D eigenvalue weighted by atomic mass is 32.2. The van der Waals surface area contributed by atoms with Crippen LogP contribution in [-0.4, -0.2) is 54.2 Å². The third kappa shape index (κ3) is 6.26. The predicted molar refractivity (Wildman–Crippen MR) is 111 cm³/mol. The molecule has 3 rings (SSSR count). The third-order valence-electron chi connectivity index (χ3n) is 5.84. The zero-order valence-electron chi connectivity index (χ0n) is 16.4. The number of thioether (sulfide) groups is 1. The van der Waals surface area contributed by atoms with Gasteiger partial charge >= 0.3 is 0 Å². The molecule has 4 nitrogen and oxygen atoms in total. The molecule has 1 aromatic rings. The van der Waals surface area contributed by atoms with Gasteiger partial charge in [-0.15, -0.1) is 11.8 Å². The lowest BCUT2D eigenvalue weighted by atomic mass is 9.94. The Morgan fingerprint density at radius 3 is 2.63 bits per heavy atom. The summed E-state index contributed by atoms with van der Waals surface area (Å²) in [5.41, 5.74) is 1.85. The molecule has 0 aliphatic carbocycles. The summed E-state index contributed by atoms with van der Waals surface area (Å²) in [6.45, 7) is 7.83. The smallest absolute Gasteiger partial charge is 0.232 e. The number of benzene rings is 1. The van der Waals surface area contributed by atoms with Gasteiger partial charge in [-0.25, -0.2) is 0 Å². The van der Waals surface area contributed by atoms with Gasteiger partial charge in [0.1, 0.15) is 0 Å². The summed E-state index contributed by atoms with van der Waals surface area (Å²) in [5.74, 6) is 3.17. The molecule has 5 heteroatoms. The molecular weight excluding hydrogens is 354 g/mol. The van der Waals surface area contributed by atoms with Crippen molar-refractivity contribution in [2.75, 3.05) is 38.5 Å². The summed E-state index contributed by atoms with van der Waals surface area (Å²) in [4.78, 5) is 17.3. The van der Waals surface area contributed by atoms with E-state index in [2.05, 4.69) is 22.8 Å². The lowest BCUT2D eigenvalue weighted by molar-refractivity contribution is -0.130. The van der Waals surface area contributed by atoms with Crippen LogP contribution in [0.15, 0.2) is 24.3 Å².